The third-order valence-corrected chi connectivity index (χ3v) is 4.16. The zero-order valence-corrected chi connectivity index (χ0v) is 13.8. The molecule has 0 radical (unpaired) electrons. The van der Waals surface area contributed by atoms with Crippen LogP contribution in [0.15, 0.2) is 23.6 Å². The van der Waals surface area contributed by atoms with Gasteiger partial charge in [0.2, 0.25) is 0 Å². The van der Waals surface area contributed by atoms with Crippen LogP contribution in [0.3, 0.4) is 0 Å². The molecule has 0 aliphatic heterocycles. The van der Waals surface area contributed by atoms with E-state index in [2.05, 4.69) is 28.7 Å². The van der Waals surface area contributed by atoms with E-state index in [1.165, 1.54) is 0 Å². The van der Waals surface area contributed by atoms with Gasteiger partial charge in [-0.1, -0.05) is 19.1 Å². The number of likely N-dealkylation sites (N-methyl/N-ethyl adjacent to an activating group) is 1. The van der Waals surface area contributed by atoms with E-state index in [1.54, 1.807) is 25.6 Å². The maximum Gasteiger partial charge on any atom is 0.165 e. The standard InChI is InChI=1S/C16H22N2O2S/c1-5-17-14(9-12-10-21-11(2)18-12)13-7-6-8-15(19-3)16(13)20-4/h6-8,10,14,17H,5,9H2,1-4H3. The summed E-state index contributed by atoms with van der Waals surface area (Å²) in [7, 11) is 3.34. The Labute approximate surface area is 130 Å². The molecular weight excluding hydrogens is 284 g/mol. The molecule has 0 aliphatic carbocycles. The SMILES string of the molecule is CCNC(Cc1csc(C)n1)c1cccc(OC)c1OC. The molecule has 0 bridgehead atoms. The number of nitrogens with one attached hydrogen (secondary N) is 1. The molecule has 0 saturated carbocycles. The van der Waals surface area contributed by atoms with Crippen molar-refractivity contribution in [1.29, 1.82) is 0 Å². The quantitative estimate of drug-likeness (QED) is 0.852. The molecule has 0 amide bonds. The molecule has 2 aromatic rings. The van der Waals surface area contributed by atoms with E-state index in [0.717, 1.165) is 40.7 Å². The smallest absolute Gasteiger partial charge is 0.165 e. The number of aromatic nitrogens is 1. The maximum absolute atomic E-state index is 5.55. The van der Waals surface area contributed by atoms with Crippen molar-refractivity contribution >= 4 is 11.3 Å². The molecule has 114 valence electrons. The summed E-state index contributed by atoms with van der Waals surface area (Å²) in [5.41, 5.74) is 2.21. The third kappa shape index (κ3) is 3.74. The summed E-state index contributed by atoms with van der Waals surface area (Å²) in [4.78, 5) is 4.56. The van der Waals surface area contributed by atoms with Crippen LogP contribution in [0.5, 0.6) is 11.5 Å². The highest BCUT2D eigenvalue weighted by Gasteiger charge is 2.19. The second-order valence-electron chi connectivity index (χ2n) is 4.75. The number of rotatable bonds is 7. The van der Waals surface area contributed by atoms with Gasteiger partial charge in [-0.2, -0.15) is 0 Å². The van der Waals surface area contributed by atoms with E-state index >= 15 is 0 Å². The van der Waals surface area contributed by atoms with Gasteiger partial charge in [0.1, 0.15) is 0 Å². The Bertz CT molecular complexity index is 583. The van der Waals surface area contributed by atoms with Crippen LogP contribution >= 0.6 is 11.3 Å². The van der Waals surface area contributed by atoms with Crippen LogP contribution in [0.2, 0.25) is 0 Å². The molecule has 1 heterocycles. The van der Waals surface area contributed by atoms with Gasteiger partial charge in [-0.15, -0.1) is 11.3 Å². The average Bonchev–Trinajstić information content (AvgIpc) is 2.91. The molecule has 0 aliphatic rings. The number of hydrogen-bond acceptors (Lipinski definition) is 5. The Balaban J connectivity index is 2.33. The van der Waals surface area contributed by atoms with E-state index < -0.39 is 0 Å². The van der Waals surface area contributed by atoms with E-state index in [-0.39, 0.29) is 6.04 Å². The van der Waals surface area contributed by atoms with Crippen LogP contribution in [0.1, 0.15) is 29.2 Å². The Morgan fingerprint density at radius 2 is 2.10 bits per heavy atom. The number of thiazole rings is 1. The molecule has 1 aromatic heterocycles. The number of benzene rings is 1. The molecular formula is C16H22N2O2S. The van der Waals surface area contributed by atoms with Gasteiger partial charge in [0.15, 0.2) is 11.5 Å². The molecule has 1 aromatic carbocycles. The highest BCUT2D eigenvalue weighted by Crippen LogP contribution is 2.35. The van der Waals surface area contributed by atoms with Gasteiger partial charge in [-0.3, -0.25) is 0 Å². The zero-order chi connectivity index (χ0) is 15.2. The summed E-state index contributed by atoms with van der Waals surface area (Å²) in [5.74, 6) is 1.55. The van der Waals surface area contributed by atoms with Gasteiger partial charge in [0, 0.05) is 23.4 Å². The van der Waals surface area contributed by atoms with E-state index in [9.17, 15) is 0 Å². The molecule has 1 N–H and O–H groups in total. The van der Waals surface area contributed by atoms with Gasteiger partial charge in [0.25, 0.3) is 0 Å². The van der Waals surface area contributed by atoms with Crippen molar-refractivity contribution in [2.45, 2.75) is 26.3 Å². The van der Waals surface area contributed by atoms with E-state index in [0.29, 0.717) is 0 Å². The molecule has 0 saturated heterocycles. The summed E-state index contributed by atoms with van der Waals surface area (Å²) in [6.07, 6.45) is 0.835. The van der Waals surface area contributed by atoms with Crippen molar-refractivity contribution in [3.63, 3.8) is 0 Å². The fourth-order valence-corrected chi connectivity index (χ4v) is 3.06. The normalized spacial score (nSPS) is 12.2. The highest BCUT2D eigenvalue weighted by atomic mass is 32.1. The predicted molar refractivity (Wildman–Crippen MR) is 86.5 cm³/mol. The van der Waals surface area contributed by atoms with Crippen LogP contribution in [0.25, 0.3) is 0 Å². The van der Waals surface area contributed by atoms with Crippen molar-refractivity contribution in [2.75, 3.05) is 20.8 Å². The number of aryl methyl sites for hydroxylation is 1. The fourth-order valence-electron chi connectivity index (χ4n) is 2.44. The van der Waals surface area contributed by atoms with Crippen molar-refractivity contribution in [1.82, 2.24) is 10.3 Å². The lowest BCUT2D eigenvalue weighted by Gasteiger charge is -2.21. The molecule has 0 spiro atoms. The topological polar surface area (TPSA) is 43.4 Å². The lowest BCUT2D eigenvalue weighted by molar-refractivity contribution is 0.346. The Morgan fingerprint density at radius 1 is 1.29 bits per heavy atom. The van der Waals surface area contributed by atoms with E-state index in [1.807, 2.05) is 19.1 Å². The van der Waals surface area contributed by atoms with Crippen LogP contribution < -0.4 is 14.8 Å². The predicted octanol–water partition coefficient (Wildman–Crippen LogP) is 3.36. The number of ether oxygens (including phenoxy) is 2. The minimum Gasteiger partial charge on any atom is -0.493 e. The largest absolute Gasteiger partial charge is 0.493 e. The Morgan fingerprint density at radius 3 is 2.67 bits per heavy atom. The summed E-state index contributed by atoms with van der Waals surface area (Å²) < 4.78 is 10.9. The average molecular weight is 306 g/mol. The molecule has 5 heteroatoms. The maximum atomic E-state index is 5.55. The number of para-hydroxylation sites is 1. The van der Waals surface area contributed by atoms with E-state index in [4.69, 9.17) is 9.47 Å². The summed E-state index contributed by atoms with van der Waals surface area (Å²) in [6.45, 7) is 5.02. The molecule has 1 unspecified atom stereocenters. The van der Waals surface area contributed by atoms with Gasteiger partial charge in [-0.05, 0) is 19.5 Å². The number of hydrogen-bond donors (Lipinski definition) is 1. The third-order valence-electron chi connectivity index (χ3n) is 3.34. The Hall–Kier alpha value is -1.59. The van der Waals surface area contributed by atoms with Crippen molar-refractivity contribution in [2.24, 2.45) is 0 Å². The van der Waals surface area contributed by atoms with Gasteiger partial charge >= 0.3 is 0 Å². The van der Waals surface area contributed by atoms with Gasteiger partial charge in [0.05, 0.1) is 24.9 Å². The number of methoxy groups -OCH3 is 2. The fraction of sp³-hybridized carbons (Fsp3) is 0.438. The molecule has 4 nitrogen and oxygen atoms in total. The van der Waals surface area contributed by atoms with Crippen LogP contribution in [-0.2, 0) is 6.42 Å². The first kappa shape index (κ1) is 15.8. The first-order valence-corrected chi connectivity index (χ1v) is 7.92. The van der Waals surface area contributed by atoms with Gasteiger partial charge < -0.3 is 14.8 Å². The summed E-state index contributed by atoms with van der Waals surface area (Å²) in [5, 5.41) is 6.72. The second kappa shape index (κ2) is 7.43. The van der Waals surface area contributed by atoms with Crippen molar-refractivity contribution in [3.05, 3.63) is 39.8 Å². The van der Waals surface area contributed by atoms with Crippen LogP contribution in [0, 0.1) is 6.92 Å². The molecule has 21 heavy (non-hydrogen) atoms. The first-order valence-electron chi connectivity index (χ1n) is 7.04. The highest BCUT2D eigenvalue weighted by molar-refractivity contribution is 7.09. The first-order chi connectivity index (χ1) is 10.2. The summed E-state index contributed by atoms with van der Waals surface area (Å²) in [6, 6.07) is 6.14. The molecule has 0 fully saturated rings. The van der Waals surface area contributed by atoms with Crippen molar-refractivity contribution in [3.8, 4) is 11.5 Å². The Kier molecular flexibility index (Phi) is 5.59. The minimum absolute atomic E-state index is 0.154. The second-order valence-corrected chi connectivity index (χ2v) is 5.82. The lowest BCUT2D eigenvalue weighted by Crippen LogP contribution is -2.23. The van der Waals surface area contributed by atoms with Crippen LogP contribution in [0.4, 0.5) is 0 Å². The zero-order valence-electron chi connectivity index (χ0n) is 13.0. The minimum atomic E-state index is 0.154. The van der Waals surface area contributed by atoms with Crippen molar-refractivity contribution < 1.29 is 9.47 Å². The van der Waals surface area contributed by atoms with Gasteiger partial charge in [-0.25, -0.2) is 4.98 Å². The monoisotopic (exact) mass is 306 g/mol. The lowest BCUT2D eigenvalue weighted by atomic mass is 10.0. The molecule has 1 atom stereocenters. The summed E-state index contributed by atoms with van der Waals surface area (Å²) >= 11 is 1.68. The van der Waals surface area contributed by atoms with Crippen LogP contribution in [-0.4, -0.2) is 25.7 Å². The number of nitrogens with zero attached hydrogens (tertiary/aromatic N) is 1. The molecule has 2 rings (SSSR count).